The molecule has 0 spiro atoms. The molecule has 0 aliphatic rings. The van der Waals surface area contributed by atoms with Gasteiger partial charge in [-0.05, 0) is 18.2 Å². The van der Waals surface area contributed by atoms with Crippen LogP contribution in [-0.4, -0.2) is 10.9 Å². The number of ether oxygens (including phenoxy) is 1. The Morgan fingerprint density at radius 1 is 1.53 bits per heavy atom. The number of benzene rings is 1. The van der Waals surface area contributed by atoms with Crippen molar-refractivity contribution in [2.45, 2.75) is 6.61 Å². The lowest BCUT2D eigenvalue weighted by atomic mass is 10.2. The average Bonchev–Trinajstić information content (AvgIpc) is 2.73. The lowest BCUT2D eigenvalue weighted by molar-refractivity contribution is 0.1000. The van der Waals surface area contributed by atoms with E-state index >= 15 is 0 Å². The molecule has 0 atom stereocenters. The summed E-state index contributed by atoms with van der Waals surface area (Å²) >= 11 is 7.05. The van der Waals surface area contributed by atoms with E-state index in [-0.39, 0.29) is 0 Å². The first kappa shape index (κ1) is 11.9. The molecule has 0 fully saturated rings. The van der Waals surface area contributed by atoms with E-state index in [1.807, 2.05) is 0 Å². The van der Waals surface area contributed by atoms with Crippen molar-refractivity contribution in [2.75, 3.05) is 0 Å². The Balaban J connectivity index is 2.04. The predicted octanol–water partition coefficient (Wildman–Crippen LogP) is 2.47. The van der Waals surface area contributed by atoms with Gasteiger partial charge in [0.05, 0.1) is 4.88 Å². The fourth-order valence-corrected chi connectivity index (χ4v) is 2.14. The molecule has 0 aliphatic carbocycles. The van der Waals surface area contributed by atoms with E-state index in [9.17, 15) is 4.79 Å². The molecule has 2 N–H and O–H groups in total. The molecule has 6 heteroatoms. The third kappa shape index (κ3) is 3.18. The molecule has 0 radical (unpaired) electrons. The minimum Gasteiger partial charge on any atom is -0.488 e. The number of rotatable bonds is 4. The fraction of sp³-hybridized carbons (Fsp3) is 0.0909. The van der Waals surface area contributed by atoms with Crippen LogP contribution in [0.4, 0.5) is 0 Å². The Morgan fingerprint density at radius 3 is 3.00 bits per heavy atom. The Morgan fingerprint density at radius 2 is 2.35 bits per heavy atom. The molecule has 1 amide bonds. The molecule has 17 heavy (non-hydrogen) atoms. The SMILES string of the molecule is NC(=O)c1cccc(OCc2cnc(Cl)s2)c1. The summed E-state index contributed by atoms with van der Waals surface area (Å²) in [5.74, 6) is 0.113. The second-order valence-electron chi connectivity index (χ2n) is 3.26. The van der Waals surface area contributed by atoms with Gasteiger partial charge in [0.1, 0.15) is 12.4 Å². The molecule has 1 aromatic carbocycles. The number of primary amides is 1. The van der Waals surface area contributed by atoms with Crippen LogP contribution in [-0.2, 0) is 6.61 Å². The van der Waals surface area contributed by atoms with E-state index in [4.69, 9.17) is 22.1 Å². The number of nitrogens with zero attached hydrogens (tertiary/aromatic N) is 1. The molecule has 0 saturated carbocycles. The zero-order valence-corrected chi connectivity index (χ0v) is 10.3. The first-order valence-electron chi connectivity index (χ1n) is 4.78. The van der Waals surface area contributed by atoms with Crippen LogP contribution in [0, 0.1) is 0 Å². The highest BCUT2D eigenvalue weighted by Gasteiger charge is 2.04. The first-order valence-corrected chi connectivity index (χ1v) is 5.97. The van der Waals surface area contributed by atoms with E-state index < -0.39 is 5.91 Å². The number of hydrogen-bond acceptors (Lipinski definition) is 4. The minimum absolute atomic E-state index is 0.368. The first-order chi connectivity index (χ1) is 8.15. The largest absolute Gasteiger partial charge is 0.488 e. The highest BCUT2D eigenvalue weighted by molar-refractivity contribution is 7.15. The Bertz CT molecular complexity index is 542. The topological polar surface area (TPSA) is 65.2 Å². The summed E-state index contributed by atoms with van der Waals surface area (Å²) in [5, 5.41) is 0. The molecule has 88 valence electrons. The summed E-state index contributed by atoms with van der Waals surface area (Å²) in [6.07, 6.45) is 1.66. The molecule has 2 aromatic rings. The van der Waals surface area contributed by atoms with Gasteiger partial charge in [-0.25, -0.2) is 4.98 Å². The van der Waals surface area contributed by atoms with E-state index in [1.54, 1.807) is 30.5 Å². The normalized spacial score (nSPS) is 10.2. The molecular weight excluding hydrogens is 260 g/mol. The van der Waals surface area contributed by atoms with Crippen LogP contribution < -0.4 is 10.5 Å². The maximum atomic E-state index is 11.0. The van der Waals surface area contributed by atoms with Crippen LogP contribution in [0.1, 0.15) is 15.2 Å². The summed E-state index contributed by atoms with van der Waals surface area (Å²) in [4.78, 5) is 15.8. The van der Waals surface area contributed by atoms with Crippen molar-refractivity contribution in [3.8, 4) is 5.75 Å². The van der Waals surface area contributed by atoms with E-state index in [0.29, 0.717) is 22.4 Å². The number of carbonyl (C=O) groups excluding carboxylic acids is 1. The highest BCUT2D eigenvalue weighted by Crippen LogP contribution is 2.20. The summed E-state index contributed by atoms with van der Waals surface area (Å²) in [5.41, 5.74) is 5.59. The molecule has 0 unspecified atom stereocenters. The number of amides is 1. The summed E-state index contributed by atoms with van der Waals surface area (Å²) in [7, 11) is 0. The van der Waals surface area contributed by atoms with Crippen molar-refractivity contribution in [1.29, 1.82) is 0 Å². The summed E-state index contributed by atoms with van der Waals surface area (Å²) in [6.45, 7) is 0.368. The van der Waals surface area contributed by atoms with E-state index in [0.717, 1.165) is 4.88 Å². The van der Waals surface area contributed by atoms with Crippen LogP contribution in [0.5, 0.6) is 5.75 Å². The van der Waals surface area contributed by atoms with Crippen LogP contribution in [0.15, 0.2) is 30.5 Å². The second-order valence-corrected chi connectivity index (χ2v) is 4.96. The van der Waals surface area contributed by atoms with Gasteiger partial charge in [-0.1, -0.05) is 17.7 Å². The standard InChI is InChI=1S/C11H9ClN2O2S/c12-11-14-5-9(17-11)6-16-8-3-1-2-7(4-8)10(13)15/h1-5H,6H2,(H2,13,15). The maximum absolute atomic E-state index is 11.0. The number of aromatic nitrogens is 1. The molecular formula is C11H9ClN2O2S. The van der Waals surface area contributed by atoms with Crippen molar-refractivity contribution in [3.63, 3.8) is 0 Å². The van der Waals surface area contributed by atoms with Gasteiger partial charge >= 0.3 is 0 Å². The van der Waals surface area contributed by atoms with Crippen LogP contribution in [0.25, 0.3) is 0 Å². The van der Waals surface area contributed by atoms with Gasteiger partial charge < -0.3 is 10.5 Å². The highest BCUT2D eigenvalue weighted by atomic mass is 35.5. The molecule has 4 nitrogen and oxygen atoms in total. The number of halogens is 1. The van der Waals surface area contributed by atoms with Gasteiger partial charge in [-0.3, -0.25) is 4.79 Å². The Kier molecular flexibility index (Phi) is 3.61. The third-order valence-electron chi connectivity index (χ3n) is 2.03. The monoisotopic (exact) mass is 268 g/mol. The van der Waals surface area contributed by atoms with Crippen molar-refractivity contribution < 1.29 is 9.53 Å². The van der Waals surface area contributed by atoms with Crippen molar-refractivity contribution >= 4 is 28.8 Å². The van der Waals surface area contributed by atoms with Gasteiger partial charge in [0, 0.05) is 11.8 Å². The van der Waals surface area contributed by atoms with Gasteiger partial charge in [-0.2, -0.15) is 0 Å². The van der Waals surface area contributed by atoms with Crippen molar-refractivity contribution in [1.82, 2.24) is 4.98 Å². The lowest BCUT2D eigenvalue weighted by Crippen LogP contribution is -2.10. The average molecular weight is 269 g/mol. The van der Waals surface area contributed by atoms with Gasteiger partial charge in [-0.15, -0.1) is 11.3 Å². The number of carbonyl (C=O) groups is 1. The minimum atomic E-state index is -0.476. The number of thiazole rings is 1. The predicted molar refractivity (Wildman–Crippen MR) is 66.4 cm³/mol. The molecule has 1 heterocycles. The lowest BCUT2D eigenvalue weighted by Gasteiger charge is -2.04. The van der Waals surface area contributed by atoms with E-state index in [1.165, 1.54) is 11.3 Å². The van der Waals surface area contributed by atoms with Crippen molar-refractivity contribution in [3.05, 3.63) is 45.4 Å². The molecule has 2 rings (SSSR count). The molecule has 0 bridgehead atoms. The quantitative estimate of drug-likeness (QED) is 0.926. The number of nitrogens with two attached hydrogens (primary N) is 1. The molecule has 1 aromatic heterocycles. The van der Waals surface area contributed by atoms with Gasteiger partial charge in [0.25, 0.3) is 0 Å². The van der Waals surface area contributed by atoms with Gasteiger partial charge in [0.2, 0.25) is 5.91 Å². The zero-order chi connectivity index (χ0) is 12.3. The molecule has 0 saturated heterocycles. The summed E-state index contributed by atoms with van der Waals surface area (Å²) in [6, 6.07) is 6.72. The maximum Gasteiger partial charge on any atom is 0.248 e. The Labute approximate surface area is 107 Å². The van der Waals surface area contributed by atoms with Crippen LogP contribution >= 0.6 is 22.9 Å². The summed E-state index contributed by atoms with van der Waals surface area (Å²) < 4.78 is 5.98. The van der Waals surface area contributed by atoms with E-state index in [2.05, 4.69) is 4.98 Å². The smallest absolute Gasteiger partial charge is 0.248 e. The second kappa shape index (κ2) is 5.16. The van der Waals surface area contributed by atoms with Gasteiger partial charge in [0.15, 0.2) is 4.47 Å². The van der Waals surface area contributed by atoms with Crippen LogP contribution in [0.2, 0.25) is 4.47 Å². The fourth-order valence-electron chi connectivity index (χ4n) is 1.24. The number of hydrogen-bond donors (Lipinski definition) is 1. The zero-order valence-electron chi connectivity index (χ0n) is 8.72. The van der Waals surface area contributed by atoms with Crippen molar-refractivity contribution in [2.24, 2.45) is 5.73 Å². The van der Waals surface area contributed by atoms with Crippen LogP contribution in [0.3, 0.4) is 0 Å². The third-order valence-corrected chi connectivity index (χ3v) is 3.11. The molecule has 0 aliphatic heterocycles. The Hall–Kier alpha value is -1.59.